The standard InChI is InChI=1S/C15H23NO/c1-11(2)8-13-4-6-14(7-5-13)15-10-17-12(3)9-16-15/h4-7,11-12,15-16H,8-10H2,1-3H3. The molecule has 2 heteroatoms. The van der Waals surface area contributed by atoms with Crippen LogP contribution in [0.4, 0.5) is 0 Å². The molecule has 2 atom stereocenters. The quantitative estimate of drug-likeness (QED) is 0.866. The molecule has 2 nitrogen and oxygen atoms in total. The Morgan fingerprint density at radius 1 is 1.29 bits per heavy atom. The van der Waals surface area contributed by atoms with Crippen molar-refractivity contribution in [3.63, 3.8) is 0 Å². The van der Waals surface area contributed by atoms with Crippen LogP contribution in [0.5, 0.6) is 0 Å². The topological polar surface area (TPSA) is 21.3 Å². The van der Waals surface area contributed by atoms with Crippen LogP contribution in [0.15, 0.2) is 24.3 Å². The van der Waals surface area contributed by atoms with Crippen LogP contribution in [0, 0.1) is 5.92 Å². The molecule has 17 heavy (non-hydrogen) atoms. The Bertz CT molecular complexity index is 336. The second kappa shape index (κ2) is 5.65. The predicted molar refractivity (Wildman–Crippen MR) is 71.1 cm³/mol. The molecule has 0 bridgehead atoms. The first-order valence-electron chi connectivity index (χ1n) is 6.59. The number of nitrogens with one attached hydrogen (secondary N) is 1. The summed E-state index contributed by atoms with van der Waals surface area (Å²) in [5.74, 6) is 0.720. The fourth-order valence-corrected chi connectivity index (χ4v) is 2.26. The van der Waals surface area contributed by atoms with Gasteiger partial charge in [0.15, 0.2) is 0 Å². The Kier molecular flexibility index (Phi) is 4.19. The summed E-state index contributed by atoms with van der Waals surface area (Å²) in [5, 5.41) is 3.52. The number of benzene rings is 1. The minimum absolute atomic E-state index is 0.339. The fourth-order valence-electron chi connectivity index (χ4n) is 2.26. The molecule has 0 radical (unpaired) electrons. The second-order valence-corrected chi connectivity index (χ2v) is 5.44. The number of rotatable bonds is 3. The molecular formula is C15H23NO. The SMILES string of the molecule is CC(C)Cc1ccc(C2COC(C)CN2)cc1. The zero-order valence-electron chi connectivity index (χ0n) is 11.1. The van der Waals surface area contributed by atoms with Gasteiger partial charge in [-0.2, -0.15) is 0 Å². The van der Waals surface area contributed by atoms with Gasteiger partial charge in [0.1, 0.15) is 0 Å². The Labute approximate surface area is 104 Å². The third kappa shape index (κ3) is 3.55. The third-order valence-corrected chi connectivity index (χ3v) is 3.23. The lowest BCUT2D eigenvalue weighted by Gasteiger charge is -2.28. The predicted octanol–water partition coefficient (Wildman–Crippen LogP) is 2.93. The lowest BCUT2D eigenvalue weighted by atomic mass is 9.99. The van der Waals surface area contributed by atoms with Gasteiger partial charge in [-0.3, -0.25) is 0 Å². The van der Waals surface area contributed by atoms with Gasteiger partial charge in [0.05, 0.1) is 18.8 Å². The van der Waals surface area contributed by atoms with Gasteiger partial charge in [-0.15, -0.1) is 0 Å². The Morgan fingerprint density at radius 2 is 2.00 bits per heavy atom. The van der Waals surface area contributed by atoms with E-state index in [4.69, 9.17) is 4.74 Å². The summed E-state index contributed by atoms with van der Waals surface area (Å²) in [6.45, 7) is 8.34. The van der Waals surface area contributed by atoms with E-state index < -0.39 is 0 Å². The highest BCUT2D eigenvalue weighted by molar-refractivity contribution is 5.25. The van der Waals surface area contributed by atoms with Crippen molar-refractivity contribution in [2.45, 2.75) is 39.3 Å². The third-order valence-electron chi connectivity index (χ3n) is 3.23. The highest BCUT2D eigenvalue weighted by Crippen LogP contribution is 2.19. The van der Waals surface area contributed by atoms with Crippen molar-refractivity contribution in [2.75, 3.05) is 13.2 Å². The Hall–Kier alpha value is -0.860. The van der Waals surface area contributed by atoms with E-state index in [1.54, 1.807) is 0 Å². The first-order valence-corrected chi connectivity index (χ1v) is 6.59. The molecule has 1 heterocycles. The summed E-state index contributed by atoms with van der Waals surface area (Å²) in [6.07, 6.45) is 1.50. The van der Waals surface area contributed by atoms with Crippen LogP contribution in [0.2, 0.25) is 0 Å². The van der Waals surface area contributed by atoms with Crippen LogP contribution in [0.1, 0.15) is 37.9 Å². The molecule has 1 aliphatic heterocycles. The summed E-state index contributed by atoms with van der Waals surface area (Å²) >= 11 is 0. The molecule has 0 aliphatic carbocycles. The van der Waals surface area contributed by atoms with Gasteiger partial charge >= 0.3 is 0 Å². The molecule has 0 spiro atoms. The fraction of sp³-hybridized carbons (Fsp3) is 0.600. The van der Waals surface area contributed by atoms with Gasteiger partial charge in [-0.05, 0) is 30.4 Å². The van der Waals surface area contributed by atoms with Crippen molar-refractivity contribution in [3.05, 3.63) is 35.4 Å². The smallest absolute Gasteiger partial charge is 0.0672 e. The highest BCUT2D eigenvalue weighted by Gasteiger charge is 2.18. The van der Waals surface area contributed by atoms with Gasteiger partial charge in [0, 0.05) is 6.54 Å². The van der Waals surface area contributed by atoms with E-state index in [1.807, 2.05) is 0 Å². The number of hydrogen-bond acceptors (Lipinski definition) is 2. The molecule has 1 aromatic carbocycles. The van der Waals surface area contributed by atoms with Crippen molar-refractivity contribution in [1.29, 1.82) is 0 Å². The normalized spacial score (nSPS) is 25.2. The van der Waals surface area contributed by atoms with E-state index >= 15 is 0 Å². The van der Waals surface area contributed by atoms with Crippen molar-refractivity contribution < 1.29 is 4.74 Å². The van der Waals surface area contributed by atoms with Crippen molar-refractivity contribution >= 4 is 0 Å². The lowest BCUT2D eigenvalue weighted by Crippen LogP contribution is -2.39. The lowest BCUT2D eigenvalue weighted by molar-refractivity contribution is 0.0149. The van der Waals surface area contributed by atoms with E-state index in [2.05, 4.69) is 50.4 Å². The summed E-state index contributed by atoms with van der Waals surface area (Å²) in [6, 6.07) is 9.31. The summed E-state index contributed by atoms with van der Waals surface area (Å²) < 4.78 is 5.68. The molecule has 2 unspecified atom stereocenters. The van der Waals surface area contributed by atoms with Gasteiger partial charge in [0.25, 0.3) is 0 Å². The molecular weight excluding hydrogens is 210 g/mol. The summed E-state index contributed by atoms with van der Waals surface area (Å²) in [5.41, 5.74) is 2.76. The summed E-state index contributed by atoms with van der Waals surface area (Å²) in [4.78, 5) is 0. The summed E-state index contributed by atoms with van der Waals surface area (Å²) in [7, 11) is 0. The van der Waals surface area contributed by atoms with Crippen LogP contribution in [0.3, 0.4) is 0 Å². The zero-order valence-corrected chi connectivity index (χ0v) is 11.1. The van der Waals surface area contributed by atoms with Crippen molar-refractivity contribution in [2.24, 2.45) is 5.92 Å². The van der Waals surface area contributed by atoms with E-state index in [0.29, 0.717) is 12.1 Å². The minimum atomic E-state index is 0.339. The molecule has 0 aromatic heterocycles. The van der Waals surface area contributed by atoms with Gasteiger partial charge < -0.3 is 10.1 Å². The Balaban J connectivity index is 1.97. The molecule has 1 saturated heterocycles. The number of hydrogen-bond donors (Lipinski definition) is 1. The Morgan fingerprint density at radius 3 is 2.53 bits per heavy atom. The maximum Gasteiger partial charge on any atom is 0.0672 e. The molecule has 1 aromatic rings. The van der Waals surface area contributed by atoms with Crippen LogP contribution < -0.4 is 5.32 Å². The zero-order chi connectivity index (χ0) is 12.3. The molecule has 94 valence electrons. The average molecular weight is 233 g/mol. The molecule has 1 aliphatic rings. The molecule has 1 N–H and O–H groups in total. The first-order chi connectivity index (χ1) is 8.15. The molecule has 0 amide bonds. The molecule has 1 fully saturated rings. The van der Waals surface area contributed by atoms with Gasteiger partial charge in [0.2, 0.25) is 0 Å². The number of morpholine rings is 1. The van der Waals surface area contributed by atoms with Crippen LogP contribution >= 0.6 is 0 Å². The van der Waals surface area contributed by atoms with E-state index in [-0.39, 0.29) is 0 Å². The first kappa shape index (κ1) is 12.6. The monoisotopic (exact) mass is 233 g/mol. The van der Waals surface area contributed by atoms with Crippen LogP contribution in [0.25, 0.3) is 0 Å². The van der Waals surface area contributed by atoms with E-state index in [1.165, 1.54) is 11.1 Å². The van der Waals surface area contributed by atoms with Crippen LogP contribution in [-0.2, 0) is 11.2 Å². The van der Waals surface area contributed by atoms with Crippen molar-refractivity contribution in [3.8, 4) is 0 Å². The highest BCUT2D eigenvalue weighted by atomic mass is 16.5. The second-order valence-electron chi connectivity index (χ2n) is 5.44. The van der Waals surface area contributed by atoms with Gasteiger partial charge in [-0.1, -0.05) is 38.1 Å². The van der Waals surface area contributed by atoms with E-state index in [0.717, 1.165) is 25.5 Å². The maximum absolute atomic E-state index is 5.68. The van der Waals surface area contributed by atoms with Crippen LogP contribution in [-0.4, -0.2) is 19.3 Å². The minimum Gasteiger partial charge on any atom is -0.375 e. The van der Waals surface area contributed by atoms with Crippen molar-refractivity contribution in [1.82, 2.24) is 5.32 Å². The maximum atomic E-state index is 5.68. The molecule has 2 rings (SSSR count). The number of ether oxygens (including phenoxy) is 1. The molecule has 0 saturated carbocycles. The average Bonchev–Trinajstić information content (AvgIpc) is 2.30. The van der Waals surface area contributed by atoms with E-state index in [9.17, 15) is 0 Å². The van der Waals surface area contributed by atoms with Gasteiger partial charge in [-0.25, -0.2) is 0 Å². The largest absolute Gasteiger partial charge is 0.375 e.